The average Bonchev–Trinajstić information content (AvgIpc) is 3.29. The highest BCUT2D eigenvalue weighted by Gasteiger charge is 2.43. The van der Waals surface area contributed by atoms with Crippen molar-refractivity contribution in [3.63, 3.8) is 0 Å². The number of nitrogens with zero attached hydrogens (tertiary/aromatic N) is 6. The number of anilines is 1. The zero-order chi connectivity index (χ0) is 25.7. The molecular formula is C24H22ClFN6O4S. The number of ether oxygens (including phenoxy) is 2. The number of sulfone groups is 1. The molecule has 0 aliphatic carbocycles. The summed E-state index contributed by atoms with van der Waals surface area (Å²) in [7, 11) is -3.53. The summed E-state index contributed by atoms with van der Waals surface area (Å²) < 4.78 is 52.3. The van der Waals surface area contributed by atoms with Gasteiger partial charge in [0.2, 0.25) is 11.8 Å². The minimum Gasteiger partial charge on any atom is -0.473 e. The highest BCUT2D eigenvalue weighted by molar-refractivity contribution is 7.90. The molecule has 2 unspecified atom stereocenters. The van der Waals surface area contributed by atoms with Gasteiger partial charge in [-0.1, -0.05) is 11.6 Å². The van der Waals surface area contributed by atoms with Gasteiger partial charge in [-0.05, 0) is 24.3 Å². The number of rotatable bonds is 5. The van der Waals surface area contributed by atoms with Crippen LogP contribution in [0.1, 0.15) is 0 Å². The van der Waals surface area contributed by atoms with Crippen molar-refractivity contribution in [3.8, 4) is 11.6 Å². The Balaban J connectivity index is 1.28. The van der Waals surface area contributed by atoms with Gasteiger partial charge in [-0.2, -0.15) is 0 Å². The molecular weight excluding hydrogens is 523 g/mol. The first-order valence-corrected chi connectivity index (χ1v) is 13.8. The summed E-state index contributed by atoms with van der Waals surface area (Å²) in [4.78, 5) is 19.4. The smallest absolute Gasteiger partial charge is 0.226 e. The van der Waals surface area contributed by atoms with E-state index in [0.29, 0.717) is 54.2 Å². The SMILES string of the molecule is CS(=O)(=O)c1ccc(-n2ccc3c(OC4C5COCC4CN(c4ncc(Cl)cn4)C5)ncnc32)c(F)c1. The Morgan fingerprint density at radius 2 is 1.81 bits per heavy atom. The van der Waals surface area contributed by atoms with E-state index < -0.39 is 15.7 Å². The minimum absolute atomic E-state index is 0.0554. The van der Waals surface area contributed by atoms with Gasteiger partial charge in [0.05, 0.1) is 46.6 Å². The molecule has 2 fully saturated rings. The van der Waals surface area contributed by atoms with Gasteiger partial charge in [-0.3, -0.25) is 4.57 Å². The van der Waals surface area contributed by atoms with Gasteiger partial charge < -0.3 is 14.4 Å². The quantitative estimate of drug-likeness (QED) is 0.374. The summed E-state index contributed by atoms with van der Waals surface area (Å²) in [5.41, 5.74) is 0.623. The molecule has 2 atom stereocenters. The van der Waals surface area contributed by atoms with Crippen molar-refractivity contribution in [1.29, 1.82) is 0 Å². The lowest BCUT2D eigenvalue weighted by atomic mass is 9.84. The minimum atomic E-state index is -3.53. The molecule has 0 radical (unpaired) electrons. The van der Waals surface area contributed by atoms with Crippen LogP contribution in [0.2, 0.25) is 5.02 Å². The molecule has 2 aliphatic rings. The van der Waals surface area contributed by atoms with Crippen molar-refractivity contribution in [3.05, 3.63) is 60.0 Å². The molecule has 2 bridgehead atoms. The first kappa shape index (κ1) is 24.0. The summed E-state index contributed by atoms with van der Waals surface area (Å²) in [5, 5.41) is 1.10. The number of fused-ring (bicyclic) bond motifs is 3. The molecule has 0 spiro atoms. The van der Waals surface area contributed by atoms with Crippen molar-refractivity contribution < 1.29 is 22.3 Å². The van der Waals surface area contributed by atoms with E-state index in [1.807, 2.05) is 0 Å². The second kappa shape index (κ2) is 9.19. The largest absolute Gasteiger partial charge is 0.473 e. The fourth-order valence-corrected chi connectivity index (χ4v) is 5.71. The number of aromatic nitrogens is 5. The fraction of sp³-hybridized carbons (Fsp3) is 0.333. The summed E-state index contributed by atoms with van der Waals surface area (Å²) in [6.07, 6.45) is 7.09. The topological polar surface area (TPSA) is 112 Å². The van der Waals surface area contributed by atoms with Crippen LogP contribution in [0.5, 0.6) is 5.88 Å². The molecule has 0 saturated carbocycles. The zero-order valence-electron chi connectivity index (χ0n) is 19.7. The zero-order valence-corrected chi connectivity index (χ0v) is 21.2. The number of hydrogen-bond acceptors (Lipinski definition) is 9. The van der Waals surface area contributed by atoms with Crippen molar-refractivity contribution in [2.45, 2.75) is 11.0 Å². The second-order valence-electron chi connectivity index (χ2n) is 9.23. The monoisotopic (exact) mass is 544 g/mol. The Kier molecular flexibility index (Phi) is 5.97. The number of benzene rings is 1. The molecule has 192 valence electrons. The lowest BCUT2D eigenvalue weighted by Crippen LogP contribution is -2.58. The lowest BCUT2D eigenvalue weighted by molar-refractivity contribution is -0.0764. The van der Waals surface area contributed by atoms with Crippen LogP contribution in [0, 0.1) is 17.7 Å². The molecule has 3 aromatic heterocycles. The van der Waals surface area contributed by atoms with Crippen LogP contribution in [-0.4, -0.2) is 71.6 Å². The molecule has 10 nitrogen and oxygen atoms in total. The van der Waals surface area contributed by atoms with Crippen LogP contribution in [0.4, 0.5) is 10.3 Å². The Labute approximate surface area is 217 Å². The van der Waals surface area contributed by atoms with Crippen LogP contribution in [0.3, 0.4) is 0 Å². The van der Waals surface area contributed by atoms with Crippen molar-refractivity contribution in [2.75, 3.05) is 37.5 Å². The Morgan fingerprint density at radius 1 is 1.08 bits per heavy atom. The summed E-state index contributed by atoms with van der Waals surface area (Å²) in [6, 6.07) is 5.56. The van der Waals surface area contributed by atoms with Gasteiger partial charge in [0.15, 0.2) is 15.5 Å². The van der Waals surface area contributed by atoms with E-state index in [4.69, 9.17) is 21.1 Å². The molecule has 0 amide bonds. The van der Waals surface area contributed by atoms with Crippen molar-refractivity contribution >= 4 is 38.4 Å². The van der Waals surface area contributed by atoms with Gasteiger partial charge in [0.25, 0.3) is 0 Å². The summed E-state index contributed by atoms with van der Waals surface area (Å²) >= 11 is 5.94. The molecule has 1 aromatic carbocycles. The normalized spacial score (nSPS) is 21.8. The van der Waals surface area contributed by atoms with Gasteiger partial charge in [0, 0.05) is 37.4 Å². The predicted octanol–water partition coefficient (Wildman–Crippen LogP) is 2.94. The predicted molar refractivity (Wildman–Crippen MR) is 133 cm³/mol. The van der Waals surface area contributed by atoms with E-state index in [9.17, 15) is 12.8 Å². The third-order valence-corrected chi connectivity index (χ3v) is 8.00. The Bertz CT molecular complexity index is 1570. The molecule has 4 aromatic rings. The van der Waals surface area contributed by atoms with Gasteiger partial charge >= 0.3 is 0 Å². The Morgan fingerprint density at radius 3 is 2.49 bits per heavy atom. The van der Waals surface area contributed by atoms with Crippen LogP contribution < -0.4 is 9.64 Å². The maximum Gasteiger partial charge on any atom is 0.226 e. The molecule has 6 rings (SSSR count). The number of hydrogen-bond donors (Lipinski definition) is 0. The van der Waals surface area contributed by atoms with Gasteiger partial charge in [0.1, 0.15) is 18.2 Å². The average molecular weight is 545 g/mol. The highest BCUT2D eigenvalue weighted by Crippen LogP contribution is 2.35. The highest BCUT2D eigenvalue weighted by atomic mass is 35.5. The number of piperidine rings is 1. The van der Waals surface area contributed by atoms with Crippen LogP contribution in [0.25, 0.3) is 16.7 Å². The van der Waals surface area contributed by atoms with E-state index in [0.717, 1.165) is 12.3 Å². The van der Waals surface area contributed by atoms with Gasteiger partial charge in [-0.25, -0.2) is 32.7 Å². The first-order valence-electron chi connectivity index (χ1n) is 11.6. The van der Waals surface area contributed by atoms with Crippen molar-refractivity contribution in [1.82, 2.24) is 24.5 Å². The van der Waals surface area contributed by atoms with E-state index >= 15 is 0 Å². The number of halogens is 2. The van der Waals surface area contributed by atoms with Gasteiger partial charge in [-0.15, -0.1) is 0 Å². The standard InChI is InChI=1S/C24H22ClFN6O4S/c1-37(33,34)17-2-3-20(19(26)6-17)32-5-4-18-22(32)29-13-30-23(18)36-21-14-9-31(10-15(21)12-35-11-14)24-27-7-16(25)8-28-24/h2-8,13-15,21H,9-12H2,1H3. The van der Waals surface area contributed by atoms with E-state index in [1.165, 1.54) is 18.5 Å². The van der Waals surface area contributed by atoms with E-state index in [1.54, 1.807) is 29.2 Å². The van der Waals surface area contributed by atoms with E-state index in [2.05, 4.69) is 24.8 Å². The van der Waals surface area contributed by atoms with Crippen LogP contribution in [-0.2, 0) is 14.6 Å². The molecule has 2 saturated heterocycles. The lowest BCUT2D eigenvalue weighted by Gasteiger charge is -2.46. The third kappa shape index (κ3) is 4.49. The molecule has 37 heavy (non-hydrogen) atoms. The van der Waals surface area contributed by atoms with E-state index in [-0.39, 0.29) is 28.5 Å². The van der Waals surface area contributed by atoms with Crippen molar-refractivity contribution in [2.24, 2.45) is 11.8 Å². The summed E-state index contributed by atoms with van der Waals surface area (Å²) in [6.45, 7) is 2.35. The molecule has 2 aliphatic heterocycles. The molecule has 13 heteroatoms. The first-order chi connectivity index (χ1) is 17.8. The Hall–Kier alpha value is -3.35. The van der Waals surface area contributed by atoms with Crippen LogP contribution >= 0.6 is 11.6 Å². The molecule has 5 heterocycles. The summed E-state index contributed by atoms with van der Waals surface area (Å²) in [5.74, 6) is 0.449. The maximum absolute atomic E-state index is 14.9. The third-order valence-electron chi connectivity index (χ3n) is 6.69. The molecule has 0 N–H and O–H groups in total. The maximum atomic E-state index is 14.9. The fourth-order valence-electron chi connectivity index (χ4n) is 4.98. The van der Waals surface area contributed by atoms with Crippen LogP contribution in [0.15, 0.2) is 54.1 Å². The second-order valence-corrected chi connectivity index (χ2v) is 11.7.